The Balaban J connectivity index is 2.62. The molecule has 0 aliphatic carbocycles. The van der Waals surface area contributed by atoms with Crippen LogP contribution in [0.5, 0.6) is 0 Å². The summed E-state index contributed by atoms with van der Waals surface area (Å²) in [5.41, 5.74) is 0.413. The third-order valence-corrected chi connectivity index (χ3v) is 3.63. The van der Waals surface area contributed by atoms with Crippen molar-refractivity contribution in [2.75, 3.05) is 20.7 Å². The summed E-state index contributed by atoms with van der Waals surface area (Å²) in [6, 6.07) is 1.53. The minimum absolute atomic E-state index is 0.193. The Morgan fingerprint density at radius 2 is 2.05 bits per heavy atom. The molecular weight excluding hydrogens is 291 g/mol. The minimum Gasteiger partial charge on any atom is -0.469 e. The van der Waals surface area contributed by atoms with Crippen LogP contribution in [0.25, 0.3) is 0 Å². The number of esters is 1. The van der Waals surface area contributed by atoms with E-state index in [0.29, 0.717) is 28.8 Å². The molecule has 0 N–H and O–H groups in total. The fourth-order valence-corrected chi connectivity index (χ4v) is 1.98. The van der Waals surface area contributed by atoms with Crippen LogP contribution < -0.4 is 0 Å². The van der Waals surface area contributed by atoms with Gasteiger partial charge in [0, 0.05) is 27.1 Å². The SMILES string of the molecule is COC(=O)CCCN(C)C(=O)c1cc(Cl)c(Cl)n1C. The highest BCUT2D eigenvalue weighted by molar-refractivity contribution is 6.41. The van der Waals surface area contributed by atoms with Gasteiger partial charge in [0.25, 0.3) is 5.91 Å². The maximum Gasteiger partial charge on any atom is 0.305 e. The number of carbonyl (C=O) groups excluding carboxylic acids is 2. The number of methoxy groups -OCH3 is 1. The first-order chi connectivity index (χ1) is 8.88. The van der Waals surface area contributed by atoms with Crippen molar-refractivity contribution in [3.05, 3.63) is 21.9 Å². The minimum atomic E-state index is -0.286. The zero-order valence-corrected chi connectivity index (χ0v) is 12.6. The van der Waals surface area contributed by atoms with E-state index in [-0.39, 0.29) is 18.3 Å². The molecule has 0 aliphatic rings. The fraction of sp³-hybridized carbons (Fsp3) is 0.500. The number of halogens is 2. The molecule has 0 aromatic carbocycles. The van der Waals surface area contributed by atoms with Crippen LogP contribution in [0.2, 0.25) is 10.2 Å². The molecule has 1 amide bonds. The van der Waals surface area contributed by atoms with Crippen LogP contribution in [0.3, 0.4) is 0 Å². The Morgan fingerprint density at radius 1 is 1.42 bits per heavy atom. The topological polar surface area (TPSA) is 51.5 Å². The van der Waals surface area contributed by atoms with Crippen LogP contribution in [0, 0.1) is 0 Å². The number of nitrogens with zero attached hydrogens (tertiary/aromatic N) is 2. The lowest BCUT2D eigenvalue weighted by Gasteiger charge is -2.17. The van der Waals surface area contributed by atoms with Gasteiger partial charge in [0.05, 0.1) is 12.1 Å². The molecular formula is C12H16Cl2N2O3. The van der Waals surface area contributed by atoms with E-state index < -0.39 is 0 Å². The Bertz CT molecular complexity index is 486. The Kier molecular flexibility index (Phi) is 5.69. The predicted octanol–water partition coefficient (Wildman–Crippen LogP) is 2.36. The molecule has 0 radical (unpaired) electrons. The van der Waals surface area contributed by atoms with Gasteiger partial charge in [0.1, 0.15) is 10.8 Å². The molecule has 0 saturated heterocycles. The molecule has 0 aliphatic heterocycles. The van der Waals surface area contributed by atoms with Crippen molar-refractivity contribution in [1.82, 2.24) is 9.47 Å². The lowest BCUT2D eigenvalue weighted by molar-refractivity contribution is -0.140. The van der Waals surface area contributed by atoms with Gasteiger partial charge in [-0.05, 0) is 12.5 Å². The molecule has 1 rings (SSSR count). The molecule has 0 spiro atoms. The quantitative estimate of drug-likeness (QED) is 0.785. The van der Waals surface area contributed by atoms with Crippen molar-refractivity contribution in [1.29, 1.82) is 0 Å². The van der Waals surface area contributed by atoms with Crippen LogP contribution in [-0.2, 0) is 16.6 Å². The van der Waals surface area contributed by atoms with Crippen LogP contribution in [0.15, 0.2) is 6.07 Å². The number of rotatable bonds is 5. The summed E-state index contributed by atoms with van der Waals surface area (Å²) in [4.78, 5) is 24.6. The lowest BCUT2D eigenvalue weighted by atomic mass is 10.3. The average Bonchev–Trinajstić information content (AvgIpc) is 2.65. The number of ether oxygens (including phenoxy) is 1. The summed E-state index contributed by atoms with van der Waals surface area (Å²) in [6.07, 6.45) is 0.823. The van der Waals surface area contributed by atoms with E-state index >= 15 is 0 Å². The molecule has 5 nitrogen and oxygen atoms in total. The standard InChI is InChI=1S/C12H16Cl2N2O3/c1-15(6-4-5-10(17)19-3)12(18)9-7-8(13)11(14)16(9)2/h7H,4-6H2,1-3H3. The van der Waals surface area contributed by atoms with Crippen LogP contribution in [0.1, 0.15) is 23.3 Å². The predicted molar refractivity (Wildman–Crippen MR) is 73.6 cm³/mol. The third-order valence-electron chi connectivity index (χ3n) is 2.78. The lowest BCUT2D eigenvalue weighted by Crippen LogP contribution is -2.29. The number of aromatic nitrogens is 1. The number of carbonyl (C=O) groups is 2. The van der Waals surface area contributed by atoms with Crippen molar-refractivity contribution in [3.8, 4) is 0 Å². The van der Waals surface area contributed by atoms with Gasteiger partial charge < -0.3 is 14.2 Å². The van der Waals surface area contributed by atoms with Crippen LogP contribution in [-0.4, -0.2) is 42.0 Å². The molecule has 106 valence electrons. The molecule has 0 fully saturated rings. The van der Waals surface area contributed by atoms with Gasteiger partial charge in [-0.3, -0.25) is 9.59 Å². The molecule has 1 heterocycles. The molecule has 0 atom stereocenters. The second kappa shape index (κ2) is 6.82. The Labute approximate surface area is 122 Å². The molecule has 7 heteroatoms. The van der Waals surface area contributed by atoms with E-state index in [2.05, 4.69) is 4.74 Å². The van der Waals surface area contributed by atoms with E-state index in [4.69, 9.17) is 23.2 Å². The first kappa shape index (κ1) is 15.9. The van der Waals surface area contributed by atoms with Crippen molar-refractivity contribution in [2.45, 2.75) is 12.8 Å². The van der Waals surface area contributed by atoms with Crippen molar-refractivity contribution >= 4 is 35.1 Å². The molecule has 19 heavy (non-hydrogen) atoms. The number of hydrogen-bond donors (Lipinski definition) is 0. The molecule has 1 aromatic heterocycles. The van der Waals surface area contributed by atoms with E-state index in [1.165, 1.54) is 22.6 Å². The summed E-state index contributed by atoms with van der Waals surface area (Å²) in [5, 5.41) is 0.670. The molecule has 1 aromatic rings. The monoisotopic (exact) mass is 306 g/mol. The van der Waals surface area contributed by atoms with Gasteiger partial charge in [-0.2, -0.15) is 0 Å². The largest absolute Gasteiger partial charge is 0.469 e. The summed E-state index contributed by atoms with van der Waals surface area (Å²) in [6.45, 7) is 0.453. The maximum atomic E-state index is 12.1. The van der Waals surface area contributed by atoms with Gasteiger partial charge in [-0.25, -0.2) is 0 Å². The van der Waals surface area contributed by atoms with E-state index in [0.717, 1.165) is 0 Å². The average molecular weight is 307 g/mol. The third kappa shape index (κ3) is 3.88. The van der Waals surface area contributed by atoms with Crippen molar-refractivity contribution in [3.63, 3.8) is 0 Å². The Morgan fingerprint density at radius 3 is 2.53 bits per heavy atom. The summed E-state index contributed by atoms with van der Waals surface area (Å²) in [7, 11) is 4.67. The van der Waals surface area contributed by atoms with Crippen molar-refractivity contribution in [2.24, 2.45) is 7.05 Å². The van der Waals surface area contributed by atoms with E-state index in [1.807, 2.05) is 0 Å². The highest BCUT2D eigenvalue weighted by Crippen LogP contribution is 2.25. The smallest absolute Gasteiger partial charge is 0.305 e. The molecule has 0 bridgehead atoms. The molecule has 0 saturated carbocycles. The second-order valence-electron chi connectivity index (χ2n) is 4.13. The summed E-state index contributed by atoms with van der Waals surface area (Å²) < 4.78 is 6.06. The van der Waals surface area contributed by atoms with Gasteiger partial charge in [-0.1, -0.05) is 23.2 Å². The van der Waals surface area contributed by atoms with Crippen molar-refractivity contribution < 1.29 is 14.3 Å². The van der Waals surface area contributed by atoms with Gasteiger partial charge in [-0.15, -0.1) is 0 Å². The number of hydrogen-bond acceptors (Lipinski definition) is 3. The highest BCUT2D eigenvalue weighted by atomic mass is 35.5. The zero-order chi connectivity index (χ0) is 14.6. The first-order valence-electron chi connectivity index (χ1n) is 5.71. The van der Waals surface area contributed by atoms with Gasteiger partial charge in [0.2, 0.25) is 0 Å². The van der Waals surface area contributed by atoms with Crippen LogP contribution >= 0.6 is 23.2 Å². The fourth-order valence-electron chi connectivity index (χ4n) is 1.61. The zero-order valence-electron chi connectivity index (χ0n) is 11.1. The summed E-state index contributed by atoms with van der Waals surface area (Å²) >= 11 is 11.8. The van der Waals surface area contributed by atoms with E-state index in [1.54, 1.807) is 14.1 Å². The maximum absolute atomic E-state index is 12.1. The normalized spacial score (nSPS) is 10.4. The summed E-state index contributed by atoms with van der Waals surface area (Å²) in [5.74, 6) is -0.480. The van der Waals surface area contributed by atoms with Crippen LogP contribution in [0.4, 0.5) is 0 Å². The molecule has 0 unspecified atom stereocenters. The highest BCUT2D eigenvalue weighted by Gasteiger charge is 2.19. The second-order valence-corrected chi connectivity index (χ2v) is 4.90. The van der Waals surface area contributed by atoms with Gasteiger partial charge in [0.15, 0.2) is 0 Å². The number of amides is 1. The first-order valence-corrected chi connectivity index (χ1v) is 6.47. The van der Waals surface area contributed by atoms with Gasteiger partial charge >= 0.3 is 5.97 Å². The Hall–Kier alpha value is -1.20. The van der Waals surface area contributed by atoms with E-state index in [9.17, 15) is 9.59 Å².